The molecule has 0 N–H and O–H groups in total. The second-order valence-electron chi connectivity index (χ2n) is 5.99. The SMILES string of the molecule is O=c1c2ccccc2cc2nc(N3CCCC3)c3sccc3n12. The van der Waals surface area contributed by atoms with E-state index < -0.39 is 0 Å². The molecular weight excluding hydrogens is 306 g/mol. The normalized spacial score (nSPS) is 15.2. The van der Waals surface area contributed by atoms with Crippen molar-refractivity contribution >= 4 is 43.8 Å². The Hall–Kier alpha value is -2.40. The average Bonchev–Trinajstić information content (AvgIpc) is 3.26. The zero-order chi connectivity index (χ0) is 15.4. The molecule has 0 atom stereocenters. The molecule has 1 fully saturated rings. The Morgan fingerprint density at radius 3 is 2.78 bits per heavy atom. The topological polar surface area (TPSA) is 37.6 Å². The quantitative estimate of drug-likeness (QED) is 0.502. The lowest BCUT2D eigenvalue weighted by Gasteiger charge is -2.18. The minimum Gasteiger partial charge on any atom is -0.355 e. The fourth-order valence-electron chi connectivity index (χ4n) is 3.51. The van der Waals surface area contributed by atoms with Crippen molar-refractivity contribution in [3.63, 3.8) is 0 Å². The first-order chi connectivity index (χ1) is 11.3. The first kappa shape index (κ1) is 13.1. The summed E-state index contributed by atoms with van der Waals surface area (Å²) in [6, 6.07) is 11.8. The largest absolute Gasteiger partial charge is 0.355 e. The van der Waals surface area contributed by atoms with Crippen molar-refractivity contribution < 1.29 is 0 Å². The van der Waals surface area contributed by atoms with E-state index in [1.54, 1.807) is 15.7 Å². The number of hydrogen-bond donors (Lipinski definition) is 0. The number of nitrogens with zero attached hydrogens (tertiary/aromatic N) is 3. The summed E-state index contributed by atoms with van der Waals surface area (Å²) in [4.78, 5) is 20.2. The molecule has 0 unspecified atom stereocenters. The van der Waals surface area contributed by atoms with Gasteiger partial charge in [0.25, 0.3) is 5.56 Å². The summed E-state index contributed by atoms with van der Waals surface area (Å²) < 4.78 is 2.87. The third-order valence-corrected chi connectivity index (χ3v) is 5.52. The third kappa shape index (κ3) is 1.83. The predicted molar refractivity (Wildman–Crippen MR) is 95.8 cm³/mol. The molecule has 4 heterocycles. The summed E-state index contributed by atoms with van der Waals surface area (Å²) in [5.74, 6) is 1.03. The van der Waals surface area contributed by atoms with Gasteiger partial charge >= 0.3 is 0 Å². The fraction of sp³-hybridized carbons (Fsp3) is 0.222. The molecule has 4 aromatic rings. The van der Waals surface area contributed by atoms with Crippen molar-refractivity contribution in [2.24, 2.45) is 0 Å². The van der Waals surface area contributed by atoms with Crippen molar-refractivity contribution in [2.45, 2.75) is 12.8 Å². The number of hydrogen-bond acceptors (Lipinski definition) is 4. The third-order valence-electron chi connectivity index (χ3n) is 4.62. The first-order valence-electron chi connectivity index (χ1n) is 7.89. The number of thiophene rings is 1. The second-order valence-corrected chi connectivity index (χ2v) is 6.91. The maximum atomic E-state index is 12.9. The Labute approximate surface area is 136 Å². The van der Waals surface area contributed by atoms with E-state index in [1.165, 1.54) is 12.8 Å². The lowest BCUT2D eigenvalue weighted by molar-refractivity contribution is 0.943. The van der Waals surface area contributed by atoms with Crippen LogP contribution in [0.2, 0.25) is 0 Å². The molecule has 0 bridgehead atoms. The van der Waals surface area contributed by atoms with Gasteiger partial charge in [-0.3, -0.25) is 9.20 Å². The van der Waals surface area contributed by atoms with Gasteiger partial charge in [0.15, 0.2) is 5.82 Å². The minimum absolute atomic E-state index is 0.0157. The Balaban J connectivity index is 1.96. The highest BCUT2D eigenvalue weighted by Crippen LogP contribution is 2.32. The van der Waals surface area contributed by atoms with E-state index in [1.807, 2.05) is 41.8 Å². The summed E-state index contributed by atoms with van der Waals surface area (Å²) in [6.45, 7) is 2.10. The molecule has 1 saturated heterocycles. The monoisotopic (exact) mass is 321 g/mol. The van der Waals surface area contributed by atoms with E-state index in [-0.39, 0.29) is 5.56 Å². The van der Waals surface area contributed by atoms with Crippen LogP contribution in [0.5, 0.6) is 0 Å². The zero-order valence-corrected chi connectivity index (χ0v) is 13.3. The van der Waals surface area contributed by atoms with Crippen LogP contribution >= 0.6 is 11.3 Å². The second kappa shape index (κ2) is 4.80. The smallest absolute Gasteiger partial charge is 0.264 e. The lowest BCUT2D eigenvalue weighted by Crippen LogP contribution is -2.21. The number of rotatable bonds is 1. The van der Waals surface area contributed by atoms with E-state index in [9.17, 15) is 4.79 Å². The molecule has 0 spiro atoms. The summed E-state index contributed by atoms with van der Waals surface area (Å²) in [7, 11) is 0. The van der Waals surface area contributed by atoms with Crippen LogP contribution in [0.15, 0.2) is 46.6 Å². The maximum absolute atomic E-state index is 12.9. The number of aromatic nitrogens is 2. The molecule has 1 aliphatic rings. The van der Waals surface area contributed by atoms with Crippen LogP contribution in [0.1, 0.15) is 12.8 Å². The lowest BCUT2D eigenvalue weighted by atomic mass is 10.1. The van der Waals surface area contributed by atoms with E-state index in [0.717, 1.165) is 45.5 Å². The maximum Gasteiger partial charge on any atom is 0.264 e. The van der Waals surface area contributed by atoms with Gasteiger partial charge in [0, 0.05) is 18.5 Å². The average molecular weight is 321 g/mol. The van der Waals surface area contributed by atoms with Crippen LogP contribution in [0.25, 0.3) is 26.6 Å². The summed E-state index contributed by atoms with van der Waals surface area (Å²) in [5.41, 5.74) is 1.72. The first-order valence-corrected chi connectivity index (χ1v) is 8.77. The van der Waals surface area contributed by atoms with Crippen molar-refractivity contribution in [3.8, 4) is 0 Å². The minimum atomic E-state index is 0.0157. The van der Waals surface area contributed by atoms with Crippen LogP contribution in [0.4, 0.5) is 5.82 Å². The van der Waals surface area contributed by atoms with Gasteiger partial charge in [-0.15, -0.1) is 11.3 Å². The van der Waals surface area contributed by atoms with Crippen LogP contribution in [-0.4, -0.2) is 22.5 Å². The van der Waals surface area contributed by atoms with Crippen molar-refractivity contribution in [1.82, 2.24) is 9.38 Å². The Bertz CT molecular complexity index is 1110. The Morgan fingerprint density at radius 1 is 1.09 bits per heavy atom. The van der Waals surface area contributed by atoms with Crippen molar-refractivity contribution in [2.75, 3.05) is 18.0 Å². The van der Waals surface area contributed by atoms with E-state index in [4.69, 9.17) is 4.98 Å². The molecule has 1 aliphatic heterocycles. The molecule has 4 nitrogen and oxygen atoms in total. The van der Waals surface area contributed by atoms with Gasteiger partial charge in [-0.1, -0.05) is 18.2 Å². The number of pyridine rings is 1. The van der Waals surface area contributed by atoms with Gasteiger partial charge in [-0.2, -0.15) is 0 Å². The summed E-state index contributed by atoms with van der Waals surface area (Å²) in [6.07, 6.45) is 2.43. The van der Waals surface area contributed by atoms with Crippen LogP contribution in [-0.2, 0) is 0 Å². The molecule has 3 aromatic heterocycles. The van der Waals surface area contributed by atoms with E-state index in [2.05, 4.69) is 4.90 Å². The molecule has 5 rings (SSSR count). The van der Waals surface area contributed by atoms with Gasteiger partial charge in [0.2, 0.25) is 0 Å². The van der Waals surface area contributed by atoms with Gasteiger partial charge in [0.05, 0.1) is 10.2 Å². The van der Waals surface area contributed by atoms with Crippen LogP contribution < -0.4 is 10.5 Å². The summed E-state index contributed by atoms with van der Waals surface area (Å²) >= 11 is 1.67. The molecule has 114 valence electrons. The van der Waals surface area contributed by atoms with Crippen molar-refractivity contribution in [3.05, 3.63) is 52.1 Å². The molecular formula is C18H15N3OS. The number of anilines is 1. The number of fused-ring (bicyclic) bond motifs is 4. The molecule has 5 heteroatoms. The molecule has 0 aliphatic carbocycles. The highest BCUT2D eigenvalue weighted by atomic mass is 32.1. The Kier molecular flexibility index (Phi) is 2.73. The molecule has 0 amide bonds. The van der Waals surface area contributed by atoms with E-state index >= 15 is 0 Å². The number of benzene rings is 1. The molecule has 1 aromatic carbocycles. The molecule has 23 heavy (non-hydrogen) atoms. The van der Waals surface area contributed by atoms with Crippen molar-refractivity contribution in [1.29, 1.82) is 0 Å². The van der Waals surface area contributed by atoms with Crippen LogP contribution in [0.3, 0.4) is 0 Å². The zero-order valence-electron chi connectivity index (χ0n) is 12.5. The molecule has 0 saturated carbocycles. The van der Waals surface area contributed by atoms with Gasteiger partial charge in [-0.05, 0) is 41.8 Å². The molecule has 0 radical (unpaired) electrons. The summed E-state index contributed by atoms with van der Waals surface area (Å²) in [5, 5.41) is 3.74. The highest BCUT2D eigenvalue weighted by molar-refractivity contribution is 7.17. The van der Waals surface area contributed by atoms with E-state index in [0.29, 0.717) is 0 Å². The van der Waals surface area contributed by atoms with Gasteiger partial charge < -0.3 is 4.90 Å². The fourth-order valence-corrected chi connectivity index (χ4v) is 4.40. The Morgan fingerprint density at radius 2 is 1.91 bits per heavy atom. The predicted octanol–water partition coefficient (Wildman–Crippen LogP) is 3.66. The standard InChI is InChI=1S/C18H15N3OS/c22-18-13-6-2-1-5-12(13)11-15-19-17(20-8-3-4-9-20)16-14(21(15)18)7-10-23-16/h1-2,5-7,10-11H,3-4,8-9H2. The highest BCUT2D eigenvalue weighted by Gasteiger charge is 2.20. The van der Waals surface area contributed by atoms with Gasteiger partial charge in [-0.25, -0.2) is 4.98 Å². The van der Waals surface area contributed by atoms with Gasteiger partial charge in [0.1, 0.15) is 5.65 Å². The van der Waals surface area contributed by atoms with Crippen LogP contribution in [0, 0.1) is 0 Å².